The molecule has 7 heavy (non-hydrogen) atoms. The highest BCUT2D eigenvalue weighted by molar-refractivity contribution is 8.01. The van der Waals surface area contributed by atoms with Crippen LogP contribution >= 0.6 is 11.9 Å². The second-order valence-corrected chi connectivity index (χ2v) is 1.96. The van der Waals surface area contributed by atoms with Crippen LogP contribution in [0.5, 0.6) is 0 Å². The van der Waals surface area contributed by atoms with E-state index in [0.29, 0.717) is 0 Å². The van der Waals surface area contributed by atoms with Crippen LogP contribution in [0.1, 0.15) is 6.92 Å². The molecule has 0 N–H and O–H groups in total. The molecular weight excluding hydrogens is 106 g/mol. The zero-order valence-electron chi connectivity index (χ0n) is 4.01. The SMILES string of the molecule is CC1=CSN=C=C1. The molecule has 0 aromatic heterocycles. The van der Waals surface area contributed by atoms with Gasteiger partial charge in [-0.3, -0.25) is 0 Å². The first kappa shape index (κ1) is 4.69. The standard InChI is InChI=1S/C5H5NS/c1-5-2-3-6-7-4-5/h2,4H,1H3. The van der Waals surface area contributed by atoms with E-state index >= 15 is 0 Å². The molecular formula is C5H5NS. The summed E-state index contributed by atoms with van der Waals surface area (Å²) in [5.74, 6) is 2.73. The Morgan fingerprint density at radius 3 is 3.00 bits per heavy atom. The largest absolute Gasteiger partial charge is 0.169 e. The van der Waals surface area contributed by atoms with E-state index in [1.807, 2.05) is 18.4 Å². The fourth-order valence-corrected chi connectivity index (χ4v) is 0.703. The maximum atomic E-state index is 3.76. The molecule has 0 spiro atoms. The summed E-state index contributed by atoms with van der Waals surface area (Å²) in [5.41, 5.74) is 1.22. The van der Waals surface area contributed by atoms with E-state index in [1.165, 1.54) is 17.5 Å². The lowest BCUT2D eigenvalue weighted by atomic mass is 10.3. The lowest BCUT2D eigenvalue weighted by Gasteiger charge is -1.87. The number of rotatable bonds is 0. The van der Waals surface area contributed by atoms with Crippen LogP contribution in [0.15, 0.2) is 21.5 Å². The first-order valence-electron chi connectivity index (χ1n) is 2.01. The summed E-state index contributed by atoms with van der Waals surface area (Å²) in [4.78, 5) is 0. The molecule has 0 aromatic carbocycles. The van der Waals surface area contributed by atoms with Crippen molar-refractivity contribution in [3.05, 3.63) is 17.1 Å². The van der Waals surface area contributed by atoms with E-state index in [2.05, 4.69) is 10.3 Å². The second kappa shape index (κ2) is 2.01. The summed E-state index contributed by atoms with van der Waals surface area (Å²) in [6, 6.07) is 0. The average Bonchev–Trinajstić information content (AvgIpc) is 1.69. The maximum absolute atomic E-state index is 3.76. The molecule has 2 heteroatoms. The topological polar surface area (TPSA) is 12.4 Å². The number of hydrogen-bond donors (Lipinski definition) is 0. The van der Waals surface area contributed by atoms with Crippen LogP contribution in [0, 0.1) is 0 Å². The van der Waals surface area contributed by atoms with Crippen molar-refractivity contribution < 1.29 is 0 Å². The predicted octanol–water partition coefficient (Wildman–Crippen LogP) is 1.78. The van der Waals surface area contributed by atoms with Gasteiger partial charge in [0.2, 0.25) is 0 Å². The van der Waals surface area contributed by atoms with Crippen LogP contribution in [-0.2, 0) is 0 Å². The van der Waals surface area contributed by atoms with Gasteiger partial charge < -0.3 is 0 Å². The molecule has 0 fully saturated rings. The summed E-state index contributed by atoms with van der Waals surface area (Å²) >= 11 is 1.42. The zero-order valence-corrected chi connectivity index (χ0v) is 4.83. The highest BCUT2D eigenvalue weighted by Crippen LogP contribution is 2.10. The Hall–Kier alpha value is -0.460. The molecule has 1 aliphatic heterocycles. The lowest BCUT2D eigenvalue weighted by molar-refractivity contribution is 1.57. The van der Waals surface area contributed by atoms with E-state index in [-0.39, 0.29) is 0 Å². The summed E-state index contributed by atoms with van der Waals surface area (Å²) < 4.78 is 3.76. The number of hydrogen-bond acceptors (Lipinski definition) is 2. The molecule has 0 bridgehead atoms. The van der Waals surface area contributed by atoms with Gasteiger partial charge in [-0.15, -0.1) is 0 Å². The fraction of sp³-hybridized carbons (Fsp3) is 0.200. The van der Waals surface area contributed by atoms with E-state index < -0.39 is 0 Å². The van der Waals surface area contributed by atoms with E-state index in [9.17, 15) is 0 Å². The van der Waals surface area contributed by atoms with Crippen molar-refractivity contribution in [2.75, 3.05) is 0 Å². The molecule has 0 aliphatic carbocycles. The predicted molar refractivity (Wildman–Crippen MR) is 33.4 cm³/mol. The third-order valence-corrected chi connectivity index (χ3v) is 1.32. The third kappa shape index (κ3) is 1.22. The number of nitrogens with zero attached hydrogens (tertiary/aromatic N) is 1. The molecule has 0 amide bonds. The van der Waals surface area contributed by atoms with Crippen molar-refractivity contribution in [2.24, 2.45) is 4.40 Å². The second-order valence-electron chi connectivity index (χ2n) is 1.33. The van der Waals surface area contributed by atoms with Crippen LogP contribution in [0.25, 0.3) is 0 Å². The van der Waals surface area contributed by atoms with Gasteiger partial charge in [-0.05, 0) is 23.8 Å². The Kier molecular flexibility index (Phi) is 1.35. The molecule has 36 valence electrons. The first-order valence-corrected chi connectivity index (χ1v) is 2.84. The molecule has 0 saturated heterocycles. The van der Waals surface area contributed by atoms with E-state index in [0.717, 1.165) is 0 Å². The summed E-state index contributed by atoms with van der Waals surface area (Å²) in [7, 11) is 0. The molecule has 1 rings (SSSR count). The summed E-state index contributed by atoms with van der Waals surface area (Å²) in [5, 5.41) is 1.98. The van der Waals surface area contributed by atoms with Gasteiger partial charge >= 0.3 is 0 Å². The van der Waals surface area contributed by atoms with Crippen LogP contribution in [-0.4, -0.2) is 5.87 Å². The molecule has 1 aliphatic rings. The zero-order chi connectivity index (χ0) is 5.11. The first-order chi connectivity index (χ1) is 3.39. The molecule has 1 heterocycles. The van der Waals surface area contributed by atoms with Gasteiger partial charge in [0.15, 0.2) is 0 Å². The quantitative estimate of drug-likeness (QED) is 0.434. The Bertz CT molecular complexity index is 151. The van der Waals surface area contributed by atoms with Crippen molar-refractivity contribution in [1.82, 2.24) is 0 Å². The minimum Gasteiger partial charge on any atom is -0.169 e. The lowest BCUT2D eigenvalue weighted by Crippen LogP contribution is -1.68. The van der Waals surface area contributed by atoms with Crippen molar-refractivity contribution in [1.29, 1.82) is 0 Å². The molecule has 0 unspecified atom stereocenters. The highest BCUT2D eigenvalue weighted by Gasteiger charge is 1.82. The van der Waals surface area contributed by atoms with Gasteiger partial charge in [0.1, 0.15) is 0 Å². The van der Waals surface area contributed by atoms with Crippen LogP contribution in [0.2, 0.25) is 0 Å². The summed E-state index contributed by atoms with van der Waals surface area (Å²) in [6.07, 6.45) is 1.86. The molecule has 0 aromatic rings. The maximum Gasteiger partial charge on any atom is 0.0130 e. The molecule has 1 nitrogen and oxygen atoms in total. The third-order valence-electron chi connectivity index (χ3n) is 0.636. The molecule has 0 radical (unpaired) electrons. The minimum absolute atomic E-state index is 1.22. The minimum atomic E-state index is 1.22. The Morgan fingerprint density at radius 2 is 2.71 bits per heavy atom. The molecule has 0 saturated carbocycles. The van der Waals surface area contributed by atoms with Crippen LogP contribution < -0.4 is 0 Å². The van der Waals surface area contributed by atoms with Crippen molar-refractivity contribution in [3.8, 4) is 0 Å². The average molecular weight is 111 g/mol. The van der Waals surface area contributed by atoms with Gasteiger partial charge in [-0.25, -0.2) is 0 Å². The fourth-order valence-electron chi connectivity index (χ4n) is 0.302. The monoisotopic (exact) mass is 111 g/mol. The number of allylic oxidation sites excluding steroid dienone is 2. The van der Waals surface area contributed by atoms with E-state index in [1.54, 1.807) is 0 Å². The van der Waals surface area contributed by atoms with Gasteiger partial charge in [-0.2, -0.15) is 4.40 Å². The van der Waals surface area contributed by atoms with Gasteiger partial charge in [0, 0.05) is 18.0 Å². The highest BCUT2D eigenvalue weighted by atomic mass is 32.2. The van der Waals surface area contributed by atoms with Crippen molar-refractivity contribution >= 4 is 17.8 Å². The van der Waals surface area contributed by atoms with E-state index in [4.69, 9.17) is 0 Å². The van der Waals surface area contributed by atoms with Crippen LogP contribution in [0.4, 0.5) is 0 Å². The Balaban J connectivity index is 2.82. The van der Waals surface area contributed by atoms with Crippen LogP contribution in [0.3, 0.4) is 0 Å². The normalized spacial score (nSPS) is 17.0. The van der Waals surface area contributed by atoms with Gasteiger partial charge in [0.25, 0.3) is 0 Å². The van der Waals surface area contributed by atoms with Gasteiger partial charge in [0.05, 0.1) is 0 Å². The van der Waals surface area contributed by atoms with Crippen molar-refractivity contribution in [2.45, 2.75) is 6.92 Å². The Labute approximate surface area is 47.0 Å². The Morgan fingerprint density at radius 1 is 1.86 bits per heavy atom. The summed E-state index contributed by atoms with van der Waals surface area (Å²) in [6.45, 7) is 2.02. The smallest absolute Gasteiger partial charge is 0.0130 e. The van der Waals surface area contributed by atoms with Gasteiger partial charge in [-0.1, -0.05) is 0 Å². The van der Waals surface area contributed by atoms with Crippen molar-refractivity contribution in [3.63, 3.8) is 0 Å². The molecule has 0 atom stereocenters.